The molecule has 96 valence electrons. The lowest BCUT2D eigenvalue weighted by molar-refractivity contribution is 0.215. The van der Waals surface area contributed by atoms with E-state index in [4.69, 9.17) is 4.74 Å². The van der Waals surface area contributed by atoms with E-state index >= 15 is 0 Å². The van der Waals surface area contributed by atoms with Gasteiger partial charge in [-0.1, -0.05) is 36.4 Å². The Balaban J connectivity index is 1.87. The highest BCUT2D eigenvalue weighted by Gasteiger charge is 2.05. The van der Waals surface area contributed by atoms with E-state index in [1.54, 1.807) is 4.57 Å². The summed E-state index contributed by atoms with van der Waals surface area (Å²) in [6, 6.07) is 17.9. The van der Waals surface area contributed by atoms with Gasteiger partial charge in [0, 0.05) is 11.6 Å². The number of ether oxygens (including phenoxy) is 1. The van der Waals surface area contributed by atoms with Crippen molar-refractivity contribution in [1.82, 2.24) is 4.57 Å². The Morgan fingerprint density at radius 2 is 1.79 bits per heavy atom. The van der Waals surface area contributed by atoms with Crippen LogP contribution in [0.2, 0.25) is 0 Å². The minimum Gasteiger partial charge on any atom is -0.488 e. The van der Waals surface area contributed by atoms with Crippen LogP contribution in [0, 0.1) is 0 Å². The van der Waals surface area contributed by atoms with Crippen LogP contribution in [0.1, 0.15) is 5.56 Å². The molecule has 1 N–H and O–H groups in total. The van der Waals surface area contributed by atoms with Crippen molar-refractivity contribution in [2.45, 2.75) is 13.3 Å². The van der Waals surface area contributed by atoms with Crippen molar-refractivity contribution >= 4 is 10.9 Å². The highest BCUT2D eigenvalue weighted by Crippen LogP contribution is 2.27. The van der Waals surface area contributed by atoms with Crippen molar-refractivity contribution in [2.75, 3.05) is 0 Å². The second-order valence-corrected chi connectivity index (χ2v) is 4.39. The number of hydrogen-bond donors (Lipinski definition) is 1. The molecule has 3 aromatic rings. The first-order valence-corrected chi connectivity index (χ1v) is 6.24. The molecule has 0 atom stereocenters. The number of hydrogen-bond acceptors (Lipinski definition) is 2. The molecule has 0 unspecified atom stereocenters. The zero-order valence-corrected chi connectivity index (χ0v) is 10.5. The Morgan fingerprint density at radius 3 is 2.58 bits per heavy atom. The van der Waals surface area contributed by atoms with Crippen LogP contribution in [-0.2, 0) is 13.3 Å². The number of nitrogens with zero attached hydrogens (tertiary/aromatic N) is 1. The van der Waals surface area contributed by atoms with Crippen LogP contribution in [0.25, 0.3) is 10.9 Å². The van der Waals surface area contributed by atoms with Crippen molar-refractivity contribution in [3.8, 4) is 5.75 Å². The molecule has 0 radical (unpaired) electrons. The van der Waals surface area contributed by atoms with E-state index in [1.165, 1.54) is 0 Å². The number of aliphatic hydroxyl groups is 1. The predicted molar refractivity (Wildman–Crippen MR) is 74.9 cm³/mol. The van der Waals surface area contributed by atoms with Crippen LogP contribution in [-0.4, -0.2) is 9.67 Å². The molecule has 2 aromatic carbocycles. The van der Waals surface area contributed by atoms with E-state index in [0.717, 1.165) is 22.2 Å². The minimum absolute atomic E-state index is 0.0222. The van der Waals surface area contributed by atoms with E-state index in [0.29, 0.717) is 6.61 Å². The number of aromatic nitrogens is 1. The molecule has 0 spiro atoms. The normalized spacial score (nSPS) is 10.8. The third-order valence-electron chi connectivity index (χ3n) is 3.16. The lowest BCUT2D eigenvalue weighted by Crippen LogP contribution is -1.96. The van der Waals surface area contributed by atoms with Gasteiger partial charge in [-0.2, -0.15) is 0 Å². The highest BCUT2D eigenvalue weighted by atomic mass is 16.5. The van der Waals surface area contributed by atoms with Crippen LogP contribution < -0.4 is 4.74 Å². The zero-order chi connectivity index (χ0) is 13.1. The van der Waals surface area contributed by atoms with Gasteiger partial charge in [-0.3, -0.25) is 0 Å². The number of fused-ring (bicyclic) bond motifs is 1. The van der Waals surface area contributed by atoms with Gasteiger partial charge in [-0.15, -0.1) is 0 Å². The van der Waals surface area contributed by atoms with Crippen LogP contribution in [0.4, 0.5) is 0 Å². The molecule has 3 nitrogen and oxygen atoms in total. The SMILES string of the molecule is OCn1ccc2c(OCc3ccccc3)cccc21. The van der Waals surface area contributed by atoms with Crippen molar-refractivity contribution in [3.05, 3.63) is 66.4 Å². The van der Waals surface area contributed by atoms with Gasteiger partial charge in [0.1, 0.15) is 19.1 Å². The molecular weight excluding hydrogens is 238 g/mol. The maximum atomic E-state index is 9.25. The first-order chi connectivity index (χ1) is 9.38. The standard InChI is InChI=1S/C16H15NO2/c18-12-17-10-9-14-15(17)7-4-8-16(14)19-11-13-5-2-1-3-6-13/h1-10,18H,11-12H2. The van der Waals surface area contributed by atoms with Crippen LogP contribution in [0.15, 0.2) is 60.8 Å². The summed E-state index contributed by atoms with van der Waals surface area (Å²) >= 11 is 0. The fourth-order valence-corrected chi connectivity index (χ4v) is 2.18. The van der Waals surface area contributed by atoms with E-state index in [1.807, 2.05) is 60.8 Å². The molecule has 3 rings (SSSR count). The monoisotopic (exact) mass is 253 g/mol. The van der Waals surface area contributed by atoms with Crippen molar-refractivity contribution in [2.24, 2.45) is 0 Å². The third kappa shape index (κ3) is 2.33. The Labute approximate surface area is 111 Å². The molecule has 1 heterocycles. The average molecular weight is 253 g/mol. The second-order valence-electron chi connectivity index (χ2n) is 4.39. The molecule has 0 aliphatic carbocycles. The number of benzene rings is 2. The fraction of sp³-hybridized carbons (Fsp3) is 0.125. The van der Waals surface area contributed by atoms with Gasteiger partial charge in [0.05, 0.1) is 5.52 Å². The van der Waals surface area contributed by atoms with Gasteiger partial charge in [0.25, 0.3) is 0 Å². The van der Waals surface area contributed by atoms with Gasteiger partial charge >= 0.3 is 0 Å². The summed E-state index contributed by atoms with van der Waals surface area (Å²) in [4.78, 5) is 0. The van der Waals surface area contributed by atoms with Crippen LogP contribution in [0.3, 0.4) is 0 Å². The molecule has 0 aliphatic heterocycles. The third-order valence-corrected chi connectivity index (χ3v) is 3.16. The average Bonchev–Trinajstić information content (AvgIpc) is 2.90. The Morgan fingerprint density at radius 1 is 0.947 bits per heavy atom. The predicted octanol–water partition coefficient (Wildman–Crippen LogP) is 3.17. The first-order valence-electron chi connectivity index (χ1n) is 6.24. The number of aliphatic hydroxyl groups excluding tert-OH is 1. The van der Waals surface area contributed by atoms with Gasteiger partial charge in [0.2, 0.25) is 0 Å². The lowest BCUT2D eigenvalue weighted by atomic mass is 10.2. The Kier molecular flexibility index (Phi) is 3.21. The summed E-state index contributed by atoms with van der Waals surface area (Å²) in [6.07, 6.45) is 1.86. The summed E-state index contributed by atoms with van der Waals surface area (Å²) in [5, 5.41) is 10.3. The quantitative estimate of drug-likeness (QED) is 0.775. The molecule has 0 bridgehead atoms. The molecule has 0 saturated heterocycles. The second kappa shape index (κ2) is 5.16. The summed E-state index contributed by atoms with van der Waals surface area (Å²) < 4.78 is 7.65. The molecular formula is C16H15NO2. The molecule has 0 saturated carbocycles. The van der Waals surface area contributed by atoms with E-state index < -0.39 is 0 Å². The molecule has 3 heteroatoms. The molecule has 0 fully saturated rings. The van der Waals surface area contributed by atoms with E-state index in [9.17, 15) is 5.11 Å². The van der Waals surface area contributed by atoms with E-state index in [-0.39, 0.29) is 6.73 Å². The molecule has 1 aromatic heterocycles. The highest BCUT2D eigenvalue weighted by molar-refractivity contribution is 5.86. The summed E-state index contributed by atoms with van der Waals surface area (Å²) in [7, 11) is 0. The fourth-order valence-electron chi connectivity index (χ4n) is 2.18. The first kappa shape index (κ1) is 11.8. The Bertz CT molecular complexity index is 674. The van der Waals surface area contributed by atoms with Crippen molar-refractivity contribution < 1.29 is 9.84 Å². The Hall–Kier alpha value is -2.26. The molecule has 0 aliphatic rings. The van der Waals surface area contributed by atoms with Gasteiger partial charge < -0.3 is 14.4 Å². The van der Waals surface area contributed by atoms with Crippen LogP contribution >= 0.6 is 0 Å². The van der Waals surface area contributed by atoms with Gasteiger partial charge in [-0.25, -0.2) is 0 Å². The van der Waals surface area contributed by atoms with Gasteiger partial charge in [-0.05, 0) is 23.8 Å². The minimum atomic E-state index is -0.0222. The van der Waals surface area contributed by atoms with Gasteiger partial charge in [0.15, 0.2) is 0 Å². The molecule has 0 amide bonds. The topological polar surface area (TPSA) is 34.4 Å². The lowest BCUT2D eigenvalue weighted by Gasteiger charge is -2.08. The smallest absolute Gasteiger partial charge is 0.129 e. The van der Waals surface area contributed by atoms with E-state index in [2.05, 4.69) is 0 Å². The van der Waals surface area contributed by atoms with Crippen molar-refractivity contribution in [1.29, 1.82) is 0 Å². The maximum Gasteiger partial charge on any atom is 0.129 e. The summed E-state index contributed by atoms with van der Waals surface area (Å²) in [5.74, 6) is 0.841. The van der Waals surface area contributed by atoms with Crippen molar-refractivity contribution in [3.63, 3.8) is 0 Å². The van der Waals surface area contributed by atoms with Crippen LogP contribution in [0.5, 0.6) is 5.75 Å². The maximum absolute atomic E-state index is 9.25. The zero-order valence-electron chi connectivity index (χ0n) is 10.5. The molecule has 19 heavy (non-hydrogen) atoms. The number of rotatable bonds is 4. The largest absolute Gasteiger partial charge is 0.488 e. The summed E-state index contributed by atoms with van der Waals surface area (Å²) in [6.45, 7) is 0.524. The summed E-state index contributed by atoms with van der Waals surface area (Å²) in [5.41, 5.74) is 2.12.